The predicted molar refractivity (Wildman–Crippen MR) is 78.9 cm³/mol. The molecule has 0 radical (unpaired) electrons. The number of benzene rings is 1. The first-order valence-corrected chi connectivity index (χ1v) is 6.68. The smallest absolute Gasteiger partial charge is 0.338 e. The Morgan fingerprint density at radius 1 is 1.45 bits per heavy atom. The molecule has 0 bridgehead atoms. The third-order valence-electron chi connectivity index (χ3n) is 2.51. The van der Waals surface area contributed by atoms with E-state index in [0.717, 1.165) is 10.0 Å². The molecule has 0 aromatic heterocycles. The highest BCUT2D eigenvalue weighted by Gasteiger charge is 2.14. The molecule has 0 aliphatic heterocycles. The van der Waals surface area contributed by atoms with Crippen molar-refractivity contribution in [2.75, 3.05) is 6.54 Å². The molecular weight excluding hydrogens is 326 g/mol. The van der Waals surface area contributed by atoms with E-state index >= 15 is 0 Å². The molecule has 3 amide bonds. The summed E-state index contributed by atoms with van der Waals surface area (Å²) in [7, 11) is 0. The number of amides is 3. The van der Waals surface area contributed by atoms with Gasteiger partial charge in [0.25, 0.3) is 0 Å². The second-order valence-corrected chi connectivity index (χ2v) is 5.08. The van der Waals surface area contributed by atoms with Crippen LogP contribution in [0.4, 0.5) is 4.79 Å². The fourth-order valence-electron chi connectivity index (χ4n) is 1.36. The van der Waals surface area contributed by atoms with Crippen LogP contribution in [0.1, 0.15) is 12.5 Å². The summed E-state index contributed by atoms with van der Waals surface area (Å²) in [5, 5.41) is 12.2. The van der Waals surface area contributed by atoms with Gasteiger partial charge in [0, 0.05) is 17.1 Å². The monoisotopic (exact) mass is 341 g/mol. The Bertz CT molecular complexity index is 502. The van der Waals surface area contributed by atoms with Gasteiger partial charge in [-0.05, 0) is 30.7 Å². The Balaban J connectivity index is 2.44. The standard InChI is InChI=1S/C13H16BrN3O3/c1-9(17(20)13(15)19)8-16-12(18)7-4-10-2-5-11(14)6-3-10/h2-7,9,20H,8H2,1H3,(H2,15,19)(H,16,18). The normalized spacial score (nSPS) is 12.2. The third-order valence-corrected chi connectivity index (χ3v) is 3.04. The molecule has 1 unspecified atom stereocenters. The summed E-state index contributed by atoms with van der Waals surface area (Å²) in [5.74, 6) is -0.322. The van der Waals surface area contributed by atoms with Gasteiger partial charge in [-0.2, -0.15) is 0 Å². The van der Waals surface area contributed by atoms with E-state index < -0.39 is 12.1 Å². The van der Waals surface area contributed by atoms with Gasteiger partial charge in [0.05, 0.1) is 6.04 Å². The van der Waals surface area contributed by atoms with Gasteiger partial charge in [-0.1, -0.05) is 28.1 Å². The van der Waals surface area contributed by atoms with Crippen LogP contribution in [0.3, 0.4) is 0 Å². The number of nitrogens with zero attached hydrogens (tertiary/aromatic N) is 1. The number of carbonyl (C=O) groups is 2. The van der Waals surface area contributed by atoms with Crippen LogP contribution in [0, 0.1) is 0 Å². The summed E-state index contributed by atoms with van der Waals surface area (Å²) in [6.45, 7) is 1.66. The number of nitrogens with two attached hydrogens (primary N) is 1. The molecule has 6 nitrogen and oxygen atoms in total. The SMILES string of the molecule is CC(CNC(=O)C=Cc1ccc(Br)cc1)N(O)C(N)=O. The molecule has 0 saturated heterocycles. The van der Waals surface area contributed by atoms with Crippen molar-refractivity contribution in [1.82, 2.24) is 10.4 Å². The number of halogens is 1. The summed E-state index contributed by atoms with van der Waals surface area (Å²) >= 11 is 3.32. The Hall–Kier alpha value is -1.86. The van der Waals surface area contributed by atoms with Crippen molar-refractivity contribution in [2.45, 2.75) is 13.0 Å². The van der Waals surface area contributed by atoms with Gasteiger partial charge in [-0.15, -0.1) is 0 Å². The first-order valence-electron chi connectivity index (χ1n) is 5.89. The van der Waals surface area contributed by atoms with Crippen LogP contribution in [0.15, 0.2) is 34.8 Å². The molecule has 1 aromatic rings. The Morgan fingerprint density at radius 2 is 2.05 bits per heavy atom. The maximum atomic E-state index is 11.6. The topological polar surface area (TPSA) is 95.7 Å². The average molecular weight is 342 g/mol. The van der Waals surface area contributed by atoms with E-state index in [4.69, 9.17) is 5.73 Å². The fraction of sp³-hybridized carbons (Fsp3) is 0.231. The molecule has 0 saturated carbocycles. The Kier molecular flexibility index (Phi) is 6.20. The van der Waals surface area contributed by atoms with E-state index in [1.165, 1.54) is 6.08 Å². The largest absolute Gasteiger partial charge is 0.350 e. The lowest BCUT2D eigenvalue weighted by Crippen LogP contribution is -2.45. The highest BCUT2D eigenvalue weighted by atomic mass is 79.9. The number of hydrogen-bond donors (Lipinski definition) is 3. The van der Waals surface area contributed by atoms with Crippen LogP contribution >= 0.6 is 15.9 Å². The van der Waals surface area contributed by atoms with Gasteiger partial charge in [0.15, 0.2) is 0 Å². The van der Waals surface area contributed by atoms with Gasteiger partial charge >= 0.3 is 6.03 Å². The number of hydrogen-bond acceptors (Lipinski definition) is 3. The van der Waals surface area contributed by atoms with Crippen molar-refractivity contribution in [1.29, 1.82) is 0 Å². The average Bonchev–Trinajstić information content (AvgIpc) is 2.43. The summed E-state index contributed by atoms with van der Waals surface area (Å²) in [5.41, 5.74) is 5.78. The second-order valence-electron chi connectivity index (χ2n) is 4.16. The third kappa shape index (κ3) is 5.41. The Labute approximate surface area is 125 Å². The summed E-state index contributed by atoms with van der Waals surface area (Å²) in [4.78, 5) is 22.2. The molecular formula is C13H16BrN3O3. The van der Waals surface area contributed by atoms with Crippen LogP contribution in [-0.2, 0) is 4.79 Å². The zero-order valence-corrected chi connectivity index (χ0v) is 12.5. The molecule has 0 heterocycles. The number of nitrogens with one attached hydrogen (secondary N) is 1. The minimum atomic E-state index is -0.961. The number of hydroxylamine groups is 2. The lowest BCUT2D eigenvalue weighted by Gasteiger charge is -2.20. The molecule has 4 N–H and O–H groups in total. The molecule has 0 aliphatic carbocycles. The fourth-order valence-corrected chi connectivity index (χ4v) is 1.62. The second kappa shape index (κ2) is 7.66. The van der Waals surface area contributed by atoms with E-state index in [9.17, 15) is 14.8 Å². The first kappa shape index (κ1) is 16.2. The maximum Gasteiger partial charge on any atom is 0.338 e. The van der Waals surface area contributed by atoms with Crippen molar-refractivity contribution in [3.63, 3.8) is 0 Å². The van der Waals surface area contributed by atoms with Crippen LogP contribution in [0.5, 0.6) is 0 Å². The summed E-state index contributed by atoms with van der Waals surface area (Å²) < 4.78 is 0.961. The van der Waals surface area contributed by atoms with E-state index in [1.54, 1.807) is 13.0 Å². The van der Waals surface area contributed by atoms with Crippen molar-refractivity contribution < 1.29 is 14.8 Å². The maximum absolute atomic E-state index is 11.6. The molecule has 108 valence electrons. The van der Waals surface area contributed by atoms with Gasteiger partial charge in [-0.25, -0.2) is 9.86 Å². The molecule has 0 spiro atoms. The van der Waals surface area contributed by atoms with E-state index in [2.05, 4.69) is 21.2 Å². The lowest BCUT2D eigenvalue weighted by molar-refractivity contribution is -0.117. The molecule has 1 rings (SSSR count). The molecule has 20 heavy (non-hydrogen) atoms. The van der Waals surface area contributed by atoms with Gasteiger partial charge < -0.3 is 11.1 Å². The minimum Gasteiger partial charge on any atom is -0.350 e. The molecule has 1 aromatic carbocycles. The first-order chi connectivity index (χ1) is 9.40. The lowest BCUT2D eigenvalue weighted by atomic mass is 10.2. The summed E-state index contributed by atoms with van der Waals surface area (Å²) in [6, 6.07) is 5.90. The molecule has 0 fully saturated rings. The number of carbonyl (C=O) groups excluding carboxylic acids is 2. The zero-order chi connectivity index (χ0) is 15.1. The number of urea groups is 1. The number of rotatable bonds is 5. The quantitative estimate of drug-likeness (QED) is 0.432. The molecule has 1 atom stereocenters. The van der Waals surface area contributed by atoms with Crippen molar-refractivity contribution >= 4 is 33.9 Å². The van der Waals surface area contributed by atoms with Crippen LogP contribution in [0.2, 0.25) is 0 Å². The van der Waals surface area contributed by atoms with Crippen molar-refractivity contribution in [3.05, 3.63) is 40.4 Å². The highest BCUT2D eigenvalue weighted by Crippen LogP contribution is 2.11. The highest BCUT2D eigenvalue weighted by molar-refractivity contribution is 9.10. The molecule has 7 heteroatoms. The minimum absolute atomic E-state index is 0.100. The van der Waals surface area contributed by atoms with Crippen molar-refractivity contribution in [2.24, 2.45) is 5.73 Å². The van der Waals surface area contributed by atoms with E-state index in [0.29, 0.717) is 5.06 Å². The van der Waals surface area contributed by atoms with Gasteiger partial charge in [-0.3, -0.25) is 10.0 Å². The van der Waals surface area contributed by atoms with E-state index in [-0.39, 0.29) is 12.5 Å². The number of primary amides is 1. The van der Waals surface area contributed by atoms with Crippen molar-refractivity contribution in [3.8, 4) is 0 Å². The van der Waals surface area contributed by atoms with Gasteiger partial charge in [0.1, 0.15) is 0 Å². The Morgan fingerprint density at radius 3 is 2.60 bits per heavy atom. The van der Waals surface area contributed by atoms with Crippen LogP contribution in [0.25, 0.3) is 6.08 Å². The van der Waals surface area contributed by atoms with Gasteiger partial charge in [0.2, 0.25) is 5.91 Å². The van der Waals surface area contributed by atoms with Crippen LogP contribution < -0.4 is 11.1 Å². The van der Waals surface area contributed by atoms with E-state index in [1.807, 2.05) is 24.3 Å². The predicted octanol–water partition coefficient (Wildman–Crippen LogP) is 1.74. The van der Waals surface area contributed by atoms with Crippen LogP contribution in [-0.4, -0.2) is 34.8 Å². The summed E-state index contributed by atoms with van der Waals surface area (Å²) in [6.07, 6.45) is 3.04. The zero-order valence-electron chi connectivity index (χ0n) is 10.9. The molecule has 0 aliphatic rings.